The summed E-state index contributed by atoms with van der Waals surface area (Å²) in [6.07, 6.45) is 3.36. The van der Waals surface area contributed by atoms with Crippen LogP contribution in [0.1, 0.15) is 27.7 Å². The van der Waals surface area contributed by atoms with Gasteiger partial charge >= 0.3 is 41.9 Å². The molecule has 1 aromatic heterocycles. The van der Waals surface area contributed by atoms with Gasteiger partial charge in [-0.3, -0.25) is 6.08 Å². The molecule has 0 nitrogen and oxygen atoms in total. The molecule has 1 aliphatic rings. The zero-order chi connectivity index (χ0) is 20.0. The molecule has 0 saturated heterocycles. The van der Waals surface area contributed by atoms with Crippen LogP contribution in [0.15, 0.2) is 70.6 Å². The van der Waals surface area contributed by atoms with Crippen LogP contribution >= 0.6 is 11.3 Å². The second-order valence-electron chi connectivity index (χ2n) is 7.11. The Hall–Kier alpha value is -0.890. The summed E-state index contributed by atoms with van der Waals surface area (Å²) in [5, 5.41) is 4.81. The third kappa shape index (κ3) is 6.31. The largest absolute Gasteiger partial charge is 0.155 e. The zero-order valence-electron chi connectivity index (χ0n) is 17.2. The van der Waals surface area contributed by atoms with Crippen molar-refractivity contribution in [2.45, 2.75) is 40.8 Å². The molecule has 27 heavy (non-hydrogen) atoms. The number of rotatable bonds is 1. The first kappa shape index (κ1) is 22.4. The van der Waals surface area contributed by atoms with Gasteiger partial charge in [-0.15, -0.1) is 53.6 Å². The number of thiophene rings is 1. The van der Waals surface area contributed by atoms with Crippen LogP contribution in [0.5, 0.6) is 0 Å². The van der Waals surface area contributed by atoms with Crippen molar-refractivity contribution in [3.63, 3.8) is 0 Å². The molecular weight excluding hydrogens is 440 g/mol. The average Bonchev–Trinajstić information content (AvgIpc) is 3.33. The average molecular weight is 468 g/mol. The molecule has 3 heteroatoms. The van der Waals surface area contributed by atoms with Gasteiger partial charge in [0.05, 0.1) is 0 Å². The van der Waals surface area contributed by atoms with Crippen molar-refractivity contribution < 1.29 is 23.3 Å². The minimum atomic E-state index is 0.210. The van der Waals surface area contributed by atoms with Gasteiger partial charge in [0.15, 0.2) is 0 Å². The van der Waals surface area contributed by atoms with Gasteiger partial charge in [0.2, 0.25) is 0 Å². The fraction of sp³-hybridized carbons (Fsp3) is 0.292. The van der Waals surface area contributed by atoms with E-state index < -0.39 is 0 Å². The van der Waals surface area contributed by atoms with E-state index in [0.717, 1.165) is 0 Å². The molecule has 0 spiro atoms. The second-order valence-corrected chi connectivity index (χ2v) is 17.4. The van der Waals surface area contributed by atoms with Crippen molar-refractivity contribution >= 4 is 27.5 Å². The van der Waals surface area contributed by atoms with Crippen LogP contribution in [0.3, 0.4) is 0 Å². The molecule has 0 N–H and O–H groups in total. The summed E-state index contributed by atoms with van der Waals surface area (Å²) < 4.78 is 0. The van der Waals surface area contributed by atoms with Crippen LogP contribution < -0.4 is 0 Å². The number of fused-ring (bicyclic) bond motifs is 1. The first-order valence-corrected chi connectivity index (χ1v) is 16.4. The quantitative estimate of drug-likeness (QED) is 0.253. The first-order valence-electron chi connectivity index (χ1n) is 9.29. The summed E-state index contributed by atoms with van der Waals surface area (Å²) >= 11 is 3.53. The molecule has 0 fully saturated rings. The Morgan fingerprint density at radius 3 is 2.22 bits per heavy atom. The van der Waals surface area contributed by atoms with Gasteiger partial charge in [-0.25, -0.2) is 5.57 Å². The van der Waals surface area contributed by atoms with Gasteiger partial charge in [-0.1, -0.05) is 44.9 Å². The molecule has 0 radical (unpaired) electrons. The van der Waals surface area contributed by atoms with Gasteiger partial charge in [0.1, 0.15) is 0 Å². The van der Waals surface area contributed by atoms with Crippen molar-refractivity contribution in [3.8, 4) is 10.4 Å². The van der Waals surface area contributed by atoms with E-state index in [1.54, 1.807) is 34.7 Å². The maximum absolute atomic E-state index is 3.36. The van der Waals surface area contributed by atoms with E-state index in [4.69, 9.17) is 0 Å². The van der Waals surface area contributed by atoms with Gasteiger partial charge in [-0.05, 0) is 10.3 Å². The molecule has 1 unspecified atom stereocenters. The topological polar surface area (TPSA) is 0 Å². The number of hydrogen-bond acceptors (Lipinski definition) is 1. The van der Waals surface area contributed by atoms with Crippen LogP contribution in [0.25, 0.3) is 21.2 Å². The van der Waals surface area contributed by atoms with Crippen molar-refractivity contribution in [2.24, 2.45) is 5.92 Å². The maximum Gasteiger partial charge on any atom is -0.00957 e. The van der Waals surface area contributed by atoms with Crippen molar-refractivity contribution in [3.05, 3.63) is 76.7 Å². The fourth-order valence-electron chi connectivity index (χ4n) is 2.96. The van der Waals surface area contributed by atoms with E-state index in [1.165, 1.54) is 37.9 Å². The standard InChI is InChI=1S/C13H9S.C9H13.C2H6Si.Zr/c1-2-5-11-10(4-1)7-8-12(11)13-6-3-9-14-13;1-6-5-7(2)9(4)8(6)3;1-3-2;/h1-9H;6H,1-4H3;1-2H3;/q2*-1;;+2. The molecule has 1 heterocycles. The Morgan fingerprint density at radius 1 is 1.07 bits per heavy atom. The Morgan fingerprint density at radius 2 is 1.74 bits per heavy atom. The third-order valence-electron chi connectivity index (χ3n) is 4.70. The van der Waals surface area contributed by atoms with E-state index >= 15 is 0 Å². The molecule has 0 saturated carbocycles. The number of allylic oxidation sites excluding steroid dienone is 4. The van der Waals surface area contributed by atoms with Crippen LogP contribution in [0.4, 0.5) is 0 Å². The minimum absolute atomic E-state index is 0.210. The Balaban J connectivity index is 0.000000174. The Kier molecular flexibility index (Phi) is 8.79. The third-order valence-corrected chi connectivity index (χ3v) is 5.61. The monoisotopic (exact) mass is 466 g/mol. The minimum Gasteiger partial charge on any atom is -0.155 e. The van der Waals surface area contributed by atoms with Gasteiger partial charge < -0.3 is 0 Å². The van der Waals surface area contributed by atoms with Gasteiger partial charge in [-0.2, -0.15) is 22.5 Å². The molecule has 138 valence electrons. The van der Waals surface area contributed by atoms with Gasteiger partial charge in [0, 0.05) is 0 Å². The van der Waals surface area contributed by atoms with E-state index in [-0.39, 0.29) is 5.43 Å². The number of benzene rings is 1. The summed E-state index contributed by atoms with van der Waals surface area (Å²) in [5.41, 5.74) is 5.81. The maximum atomic E-state index is 3.36. The first-order chi connectivity index (χ1) is 12.8. The van der Waals surface area contributed by atoms with Gasteiger partial charge in [0.25, 0.3) is 0 Å². The summed E-state index contributed by atoms with van der Waals surface area (Å²) in [5.74, 6) is 0.560. The molecule has 3 aromatic rings. The van der Waals surface area contributed by atoms with E-state index in [2.05, 4.69) is 101 Å². The Labute approximate surface area is 183 Å². The SMILES string of the molecule is CC1=[C-]C(C)C(C)=C1C.C[Si](C)=[Zr+2].c1csc(-c2c[cH-]c3ccccc23)c1. The molecule has 0 bridgehead atoms. The molecule has 0 aliphatic heterocycles. The van der Waals surface area contributed by atoms with E-state index in [1.807, 2.05) is 0 Å². The fourth-order valence-corrected chi connectivity index (χ4v) is 3.72. The predicted molar refractivity (Wildman–Crippen MR) is 120 cm³/mol. The Bertz CT molecular complexity index is 953. The van der Waals surface area contributed by atoms with Crippen molar-refractivity contribution in [1.29, 1.82) is 0 Å². The molecular formula is C24H28SSiZr. The van der Waals surface area contributed by atoms with Crippen molar-refractivity contribution in [1.82, 2.24) is 0 Å². The summed E-state index contributed by atoms with van der Waals surface area (Å²) in [7, 11) is 0. The molecule has 2 aromatic carbocycles. The molecule has 0 amide bonds. The second kappa shape index (κ2) is 10.6. The van der Waals surface area contributed by atoms with E-state index in [9.17, 15) is 0 Å². The zero-order valence-corrected chi connectivity index (χ0v) is 21.5. The van der Waals surface area contributed by atoms with Crippen molar-refractivity contribution in [2.75, 3.05) is 0 Å². The van der Waals surface area contributed by atoms with E-state index in [0.29, 0.717) is 5.92 Å². The van der Waals surface area contributed by atoms with Crippen LogP contribution in [0, 0.1) is 12.0 Å². The normalized spacial score (nSPS) is 15.7. The summed E-state index contributed by atoms with van der Waals surface area (Å²) in [6.45, 7) is 13.3. The summed E-state index contributed by atoms with van der Waals surface area (Å²) in [6, 6.07) is 17.2. The molecule has 4 rings (SSSR count). The van der Waals surface area contributed by atoms with Crippen LogP contribution in [0.2, 0.25) is 13.1 Å². The van der Waals surface area contributed by atoms with Crippen LogP contribution in [-0.4, -0.2) is 5.43 Å². The predicted octanol–water partition coefficient (Wildman–Crippen LogP) is 7.79. The van der Waals surface area contributed by atoms with Crippen LogP contribution in [-0.2, 0) is 23.3 Å². The smallest absolute Gasteiger partial charge is 0.00957 e. The molecule has 1 aliphatic carbocycles. The number of hydrogen-bond donors (Lipinski definition) is 0. The summed E-state index contributed by atoms with van der Waals surface area (Å²) in [4.78, 5) is 1.35. The molecule has 1 atom stereocenters.